The molecular formula is C27H16N4O. The Morgan fingerprint density at radius 2 is 1.50 bits per heavy atom. The van der Waals surface area contributed by atoms with Gasteiger partial charge in [0, 0.05) is 21.8 Å². The van der Waals surface area contributed by atoms with Gasteiger partial charge in [-0.25, -0.2) is 15.0 Å². The molecule has 5 nitrogen and oxygen atoms in total. The molecule has 7 rings (SSSR count). The molecule has 3 heterocycles. The van der Waals surface area contributed by atoms with E-state index in [9.17, 15) is 0 Å². The van der Waals surface area contributed by atoms with Gasteiger partial charge in [0.05, 0.1) is 11.8 Å². The van der Waals surface area contributed by atoms with Gasteiger partial charge in [-0.1, -0.05) is 60.7 Å². The van der Waals surface area contributed by atoms with Crippen LogP contribution in [0.15, 0.2) is 102 Å². The Morgan fingerprint density at radius 3 is 2.44 bits per heavy atom. The van der Waals surface area contributed by atoms with E-state index in [0.29, 0.717) is 5.65 Å². The van der Waals surface area contributed by atoms with Crippen molar-refractivity contribution < 1.29 is 4.42 Å². The van der Waals surface area contributed by atoms with Crippen LogP contribution in [-0.4, -0.2) is 19.5 Å². The van der Waals surface area contributed by atoms with Gasteiger partial charge in [0.1, 0.15) is 23.0 Å². The third-order valence-electron chi connectivity index (χ3n) is 5.98. The quantitative estimate of drug-likeness (QED) is 0.324. The van der Waals surface area contributed by atoms with Crippen LogP contribution in [0.4, 0.5) is 0 Å². The van der Waals surface area contributed by atoms with Crippen molar-refractivity contribution in [1.82, 2.24) is 19.5 Å². The van der Waals surface area contributed by atoms with Gasteiger partial charge in [-0.2, -0.15) is 0 Å². The standard InChI is InChI=1S/C27H16N4O/c1-2-8-18(9-3-1)31-23-15-28-16-29-26(23)30-27(31)22-12-6-11-20-21-14-13-17-7-4-5-10-19(17)24(21)32-25(20)22/h1-16H. The molecule has 0 saturated heterocycles. The molecule has 0 N–H and O–H groups in total. The number of nitrogens with zero attached hydrogens (tertiary/aromatic N) is 4. The van der Waals surface area contributed by atoms with Crippen molar-refractivity contribution in [3.63, 3.8) is 0 Å². The Morgan fingerprint density at radius 1 is 0.688 bits per heavy atom. The number of furan rings is 1. The third-order valence-corrected chi connectivity index (χ3v) is 5.98. The van der Waals surface area contributed by atoms with E-state index in [-0.39, 0.29) is 0 Å². The van der Waals surface area contributed by atoms with Crippen molar-refractivity contribution in [2.45, 2.75) is 0 Å². The van der Waals surface area contributed by atoms with Crippen LogP contribution >= 0.6 is 0 Å². The summed E-state index contributed by atoms with van der Waals surface area (Å²) in [5.74, 6) is 0.778. The summed E-state index contributed by atoms with van der Waals surface area (Å²) >= 11 is 0. The Balaban J connectivity index is 1.61. The lowest BCUT2D eigenvalue weighted by molar-refractivity contribution is 0.673. The van der Waals surface area contributed by atoms with E-state index < -0.39 is 0 Å². The van der Waals surface area contributed by atoms with Crippen molar-refractivity contribution in [2.24, 2.45) is 0 Å². The van der Waals surface area contributed by atoms with Crippen LogP contribution in [0, 0.1) is 0 Å². The van der Waals surface area contributed by atoms with E-state index in [2.05, 4.69) is 69.1 Å². The third kappa shape index (κ3) is 2.36. The van der Waals surface area contributed by atoms with Gasteiger partial charge in [-0.05, 0) is 29.7 Å². The van der Waals surface area contributed by atoms with Crippen LogP contribution < -0.4 is 0 Å². The molecule has 0 atom stereocenters. The largest absolute Gasteiger partial charge is 0.455 e. The summed E-state index contributed by atoms with van der Waals surface area (Å²) in [7, 11) is 0. The maximum atomic E-state index is 6.55. The van der Waals surface area contributed by atoms with Crippen LogP contribution in [0.5, 0.6) is 0 Å². The zero-order valence-corrected chi connectivity index (χ0v) is 16.9. The normalized spacial score (nSPS) is 11.8. The lowest BCUT2D eigenvalue weighted by Gasteiger charge is -2.09. The van der Waals surface area contributed by atoms with E-state index in [1.54, 1.807) is 6.20 Å². The highest BCUT2D eigenvalue weighted by Crippen LogP contribution is 2.39. The van der Waals surface area contributed by atoms with Crippen molar-refractivity contribution >= 4 is 43.9 Å². The van der Waals surface area contributed by atoms with Gasteiger partial charge in [0.25, 0.3) is 0 Å². The first-order valence-electron chi connectivity index (χ1n) is 10.5. The summed E-state index contributed by atoms with van der Waals surface area (Å²) in [6.45, 7) is 0. The first kappa shape index (κ1) is 17.2. The minimum absolute atomic E-state index is 0.650. The summed E-state index contributed by atoms with van der Waals surface area (Å²) in [4.78, 5) is 13.5. The maximum Gasteiger partial charge on any atom is 0.181 e. The molecule has 0 aliphatic rings. The first-order chi connectivity index (χ1) is 15.9. The Kier molecular flexibility index (Phi) is 3.49. The van der Waals surface area contributed by atoms with Crippen LogP contribution in [-0.2, 0) is 0 Å². The summed E-state index contributed by atoms with van der Waals surface area (Å²) in [5, 5.41) is 4.44. The molecule has 0 spiro atoms. The highest BCUT2D eigenvalue weighted by Gasteiger charge is 2.20. The molecule has 3 aromatic heterocycles. The Bertz CT molecular complexity index is 1780. The van der Waals surface area contributed by atoms with Crippen molar-refractivity contribution in [1.29, 1.82) is 0 Å². The second kappa shape index (κ2) is 6.49. The van der Waals surface area contributed by atoms with Crippen LogP contribution in [0.3, 0.4) is 0 Å². The van der Waals surface area contributed by atoms with Crippen molar-refractivity contribution in [2.75, 3.05) is 0 Å². The zero-order chi connectivity index (χ0) is 21.1. The molecule has 150 valence electrons. The molecule has 0 amide bonds. The average Bonchev–Trinajstić information content (AvgIpc) is 3.43. The molecule has 5 heteroatoms. The number of para-hydroxylation sites is 2. The fraction of sp³-hybridized carbons (Fsp3) is 0. The van der Waals surface area contributed by atoms with E-state index in [1.165, 1.54) is 6.33 Å². The highest BCUT2D eigenvalue weighted by molar-refractivity contribution is 6.17. The van der Waals surface area contributed by atoms with Gasteiger partial charge in [-0.3, -0.25) is 4.57 Å². The second-order valence-electron chi connectivity index (χ2n) is 7.79. The molecule has 7 aromatic rings. The summed E-state index contributed by atoms with van der Waals surface area (Å²) in [6, 6.07) is 29.0. The number of hydrogen-bond acceptors (Lipinski definition) is 4. The highest BCUT2D eigenvalue weighted by atomic mass is 16.3. The van der Waals surface area contributed by atoms with Gasteiger partial charge < -0.3 is 4.42 Å². The molecule has 32 heavy (non-hydrogen) atoms. The lowest BCUT2D eigenvalue weighted by Crippen LogP contribution is -1.97. The smallest absolute Gasteiger partial charge is 0.181 e. The Labute approximate surface area is 182 Å². The fourth-order valence-corrected chi connectivity index (χ4v) is 4.55. The molecule has 0 bridgehead atoms. The Hall–Kier alpha value is -4.51. The summed E-state index contributed by atoms with van der Waals surface area (Å²) < 4.78 is 8.64. The van der Waals surface area contributed by atoms with Crippen LogP contribution in [0.25, 0.3) is 61.0 Å². The molecule has 0 saturated carbocycles. The number of hydrogen-bond donors (Lipinski definition) is 0. The minimum atomic E-state index is 0.650. The topological polar surface area (TPSA) is 56.7 Å². The van der Waals surface area contributed by atoms with E-state index in [1.807, 2.05) is 30.3 Å². The van der Waals surface area contributed by atoms with Gasteiger partial charge in [-0.15, -0.1) is 0 Å². The number of benzene rings is 4. The molecule has 0 unspecified atom stereocenters. The summed E-state index contributed by atoms with van der Waals surface area (Å²) in [6.07, 6.45) is 3.33. The molecule has 4 aromatic carbocycles. The fourth-order valence-electron chi connectivity index (χ4n) is 4.55. The molecule has 0 aliphatic carbocycles. The summed E-state index contributed by atoms with van der Waals surface area (Å²) in [5.41, 5.74) is 5.14. The predicted octanol–water partition coefficient (Wildman–Crippen LogP) is 6.54. The lowest BCUT2D eigenvalue weighted by atomic mass is 10.0. The molecule has 0 radical (unpaired) electrons. The second-order valence-corrected chi connectivity index (χ2v) is 7.79. The predicted molar refractivity (Wildman–Crippen MR) is 127 cm³/mol. The number of aromatic nitrogens is 4. The van der Waals surface area contributed by atoms with E-state index in [0.717, 1.165) is 55.3 Å². The van der Waals surface area contributed by atoms with Gasteiger partial charge >= 0.3 is 0 Å². The van der Waals surface area contributed by atoms with Crippen LogP contribution in [0.1, 0.15) is 0 Å². The first-order valence-corrected chi connectivity index (χ1v) is 10.5. The van der Waals surface area contributed by atoms with Gasteiger partial charge in [0.2, 0.25) is 0 Å². The molecule has 0 fully saturated rings. The zero-order valence-electron chi connectivity index (χ0n) is 16.9. The molecule has 0 aliphatic heterocycles. The van der Waals surface area contributed by atoms with Crippen LogP contribution in [0.2, 0.25) is 0 Å². The average molecular weight is 412 g/mol. The van der Waals surface area contributed by atoms with Gasteiger partial charge in [0.15, 0.2) is 11.5 Å². The maximum absolute atomic E-state index is 6.55. The van der Waals surface area contributed by atoms with E-state index >= 15 is 0 Å². The SMILES string of the molecule is c1ccc(-n2c(-c3cccc4c3oc3c5ccccc5ccc43)nc3ncncc32)cc1. The van der Waals surface area contributed by atoms with Crippen molar-refractivity contribution in [3.05, 3.63) is 97.5 Å². The number of fused-ring (bicyclic) bond motifs is 6. The van der Waals surface area contributed by atoms with Crippen molar-refractivity contribution in [3.8, 4) is 17.1 Å². The monoisotopic (exact) mass is 412 g/mol. The van der Waals surface area contributed by atoms with E-state index in [4.69, 9.17) is 9.40 Å². The molecular weight excluding hydrogens is 396 g/mol. The number of rotatable bonds is 2. The number of imidazole rings is 1. The minimum Gasteiger partial charge on any atom is -0.455 e.